The molecule has 0 aliphatic heterocycles. The summed E-state index contributed by atoms with van der Waals surface area (Å²) in [5.41, 5.74) is 0.936. The van der Waals surface area contributed by atoms with Gasteiger partial charge in [0.1, 0.15) is 0 Å². The number of carbonyl (C=O) groups excluding carboxylic acids is 1. The number of hydrogen-bond donors (Lipinski definition) is 1. The molecule has 20 heavy (non-hydrogen) atoms. The lowest BCUT2D eigenvalue weighted by molar-refractivity contribution is -0.118. The van der Waals surface area contributed by atoms with E-state index < -0.39 is 0 Å². The topological polar surface area (TPSA) is 54.9 Å². The third-order valence-electron chi connectivity index (χ3n) is 3.00. The predicted octanol–water partition coefficient (Wildman–Crippen LogP) is 3.51. The fraction of sp³-hybridized carbons (Fsp3) is 0.267. The molecule has 0 unspecified atom stereocenters. The van der Waals surface area contributed by atoms with Gasteiger partial charge in [0.15, 0.2) is 5.82 Å². The van der Waals surface area contributed by atoms with Crippen LogP contribution in [0, 0.1) is 5.92 Å². The zero-order valence-corrected chi connectivity index (χ0v) is 12.1. The van der Waals surface area contributed by atoms with Crippen molar-refractivity contribution >= 4 is 23.3 Å². The van der Waals surface area contributed by atoms with Crippen LogP contribution in [0.1, 0.15) is 25.3 Å². The number of nitrogens with one attached hydrogen (secondary N) is 1. The molecule has 0 aliphatic carbocycles. The maximum absolute atomic E-state index is 12.4. The van der Waals surface area contributed by atoms with Crippen molar-refractivity contribution in [2.24, 2.45) is 5.92 Å². The van der Waals surface area contributed by atoms with E-state index in [2.05, 4.69) is 15.5 Å². The minimum absolute atomic E-state index is 0.0946. The molecule has 2 rings (SSSR count). The number of rotatable bonds is 4. The lowest BCUT2D eigenvalue weighted by Crippen LogP contribution is -2.25. The van der Waals surface area contributed by atoms with Gasteiger partial charge in [-0.05, 0) is 35.7 Å². The van der Waals surface area contributed by atoms with E-state index >= 15 is 0 Å². The predicted molar refractivity (Wildman–Crippen MR) is 79.7 cm³/mol. The first-order valence-electron chi connectivity index (χ1n) is 6.42. The van der Waals surface area contributed by atoms with Crippen molar-refractivity contribution in [3.63, 3.8) is 0 Å². The van der Waals surface area contributed by atoms with Crippen LogP contribution in [0.3, 0.4) is 0 Å². The molecule has 0 radical (unpaired) electrons. The van der Waals surface area contributed by atoms with Crippen molar-refractivity contribution in [1.29, 1.82) is 0 Å². The van der Waals surface area contributed by atoms with E-state index in [9.17, 15) is 4.79 Å². The number of nitrogens with zero attached hydrogens (tertiary/aromatic N) is 2. The largest absolute Gasteiger partial charge is 0.309 e. The van der Waals surface area contributed by atoms with Gasteiger partial charge in [-0.2, -0.15) is 5.10 Å². The SMILES string of the molecule is CC(C)[C@H](C(=O)Nc1cccnn1)c1ccc(Cl)cc1. The van der Waals surface area contributed by atoms with Crippen molar-refractivity contribution in [2.45, 2.75) is 19.8 Å². The molecule has 1 aromatic carbocycles. The van der Waals surface area contributed by atoms with E-state index in [1.807, 2.05) is 26.0 Å². The zero-order chi connectivity index (χ0) is 14.5. The number of carbonyl (C=O) groups is 1. The summed E-state index contributed by atoms with van der Waals surface area (Å²) < 4.78 is 0. The summed E-state index contributed by atoms with van der Waals surface area (Å²) in [5, 5.41) is 11.1. The molecular weight excluding hydrogens is 274 g/mol. The maximum Gasteiger partial charge on any atom is 0.233 e. The van der Waals surface area contributed by atoms with Crippen LogP contribution in [0.4, 0.5) is 5.82 Å². The van der Waals surface area contributed by atoms with Gasteiger partial charge in [0.25, 0.3) is 0 Å². The minimum Gasteiger partial charge on any atom is -0.309 e. The molecule has 0 saturated carbocycles. The number of halogens is 1. The van der Waals surface area contributed by atoms with Crippen molar-refractivity contribution in [2.75, 3.05) is 5.32 Å². The summed E-state index contributed by atoms with van der Waals surface area (Å²) in [6, 6.07) is 10.8. The van der Waals surface area contributed by atoms with Crippen LogP contribution < -0.4 is 5.32 Å². The monoisotopic (exact) mass is 289 g/mol. The van der Waals surface area contributed by atoms with Crippen LogP contribution in [-0.4, -0.2) is 16.1 Å². The molecule has 0 saturated heterocycles. The molecule has 0 spiro atoms. The minimum atomic E-state index is -0.255. The fourth-order valence-electron chi connectivity index (χ4n) is 2.08. The highest BCUT2D eigenvalue weighted by Gasteiger charge is 2.24. The number of anilines is 1. The Kier molecular flexibility index (Phi) is 4.69. The Morgan fingerprint density at radius 3 is 2.45 bits per heavy atom. The second kappa shape index (κ2) is 6.48. The number of amides is 1. The van der Waals surface area contributed by atoms with Crippen LogP contribution in [0.2, 0.25) is 5.02 Å². The van der Waals surface area contributed by atoms with Gasteiger partial charge in [0, 0.05) is 11.2 Å². The Labute approximate surface area is 123 Å². The number of hydrogen-bond acceptors (Lipinski definition) is 3. The van der Waals surface area contributed by atoms with Crippen LogP contribution in [0.15, 0.2) is 42.6 Å². The summed E-state index contributed by atoms with van der Waals surface area (Å²) in [4.78, 5) is 12.4. The van der Waals surface area contributed by atoms with Gasteiger partial charge in [-0.3, -0.25) is 4.79 Å². The molecule has 0 fully saturated rings. The van der Waals surface area contributed by atoms with Crippen LogP contribution in [-0.2, 0) is 4.79 Å². The van der Waals surface area contributed by atoms with Gasteiger partial charge >= 0.3 is 0 Å². The van der Waals surface area contributed by atoms with Crippen molar-refractivity contribution < 1.29 is 4.79 Å². The molecule has 1 amide bonds. The quantitative estimate of drug-likeness (QED) is 0.937. The van der Waals surface area contributed by atoms with Gasteiger partial charge in [-0.1, -0.05) is 37.6 Å². The third-order valence-corrected chi connectivity index (χ3v) is 3.25. The van der Waals surface area contributed by atoms with Crippen LogP contribution in [0.5, 0.6) is 0 Å². The molecule has 0 bridgehead atoms. The summed E-state index contributed by atoms with van der Waals surface area (Å²) in [7, 11) is 0. The lowest BCUT2D eigenvalue weighted by atomic mass is 9.87. The van der Waals surface area contributed by atoms with E-state index in [1.165, 1.54) is 0 Å². The van der Waals surface area contributed by atoms with Gasteiger partial charge in [-0.25, -0.2) is 0 Å². The Hall–Kier alpha value is -1.94. The first kappa shape index (κ1) is 14.5. The Balaban J connectivity index is 2.20. The van der Waals surface area contributed by atoms with Crippen LogP contribution >= 0.6 is 11.6 Å². The van der Waals surface area contributed by atoms with E-state index in [-0.39, 0.29) is 17.7 Å². The molecule has 2 aromatic rings. The molecule has 1 N–H and O–H groups in total. The molecule has 4 nitrogen and oxygen atoms in total. The Morgan fingerprint density at radius 1 is 1.20 bits per heavy atom. The third kappa shape index (κ3) is 3.54. The van der Waals surface area contributed by atoms with Gasteiger partial charge in [0.2, 0.25) is 5.91 Å². The van der Waals surface area contributed by atoms with E-state index in [1.54, 1.807) is 30.5 Å². The van der Waals surface area contributed by atoms with Crippen LogP contribution in [0.25, 0.3) is 0 Å². The zero-order valence-electron chi connectivity index (χ0n) is 11.4. The highest BCUT2D eigenvalue weighted by Crippen LogP contribution is 2.27. The summed E-state index contributed by atoms with van der Waals surface area (Å²) in [6.45, 7) is 4.02. The smallest absolute Gasteiger partial charge is 0.233 e. The highest BCUT2D eigenvalue weighted by molar-refractivity contribution is 6.30. The lowest BCUT2D eigenvalue weighted by Gasteiger charge is -2.20. The molecule has 0 aliphatic rings. The molecule has 5 heteroatoms. The Morgan fingerprint density at radius 2 is 1.90 bits per heavy atom. The van der Waals surface area contributed by atoms with Crippen molar-refractivity contribution in [3.8, 4) is 0 Å². The van der Waals surface area contributed by atoms with Gasteiger partial charge < -0.3 is 5.32 Å². The average molecular weight is 290 g/mol. The summed E-state index contributed by atoms with van der Waals surface area (Å²) >= 11 is 5.89. The molecular formula is C15H16ClN3O. The first-order valence-corrected chi connectivity index (χ1v) is 6.79. The number of benzene rings is 1. The van der Waals surface area contributed by atoms with Gasteiger partial charge in [-0.15, -0.1) is 5.10 Å². The van der Waals surface area contributed by atoms with E-state index in [4.69, 9.17) is 11.6 Å². The standard InChI is InChI=1S/C15H16ClN3O/c1-10(2)14(11-5-7-12(16)8-6-11)15(20)18-13-4-3-9-17-19-13/h3-10,14H,1-2H3,(H,18,19,20)/t14-/m0/s1. The van der Waals surface area contributed by atoms with Crippen molar-refractivity contribution in [1.82, 2.24) is 10.2 Å². The van der Waals surface area contributed by atoms with Crippen molar-refractivity contribution in [3.05, 3.63) is 53.2 Å². The first-order chi connectivity index (χ1) is 9.58. The summed E-state index contributed by atoms with van der Waals surface area (Å²) in [5.74, 6) is 0.266. The molecule has 1 atom stereocenters. The average Bonchev–Trinajstić information content (AvgIpc) is 2.42. The highest BCUT2D eigenvalue weighted by atomic mass is 35.5. The number of aromatic nitrogens is 2. The molecule has 1 aromatic heterocycles. The van der Waals surface area contributed by atoms with Gasteiger partial charge in [0.05, 0.1) is 5.92 Å². The van der Waals surface area contributed by atoms with E-state index in [0.717, 1.165) is 5.56 Å². The second-order valence-corrected chi connectivity index (χ2v) is 5.31. The maximum atomic E-state index is 12.4. The summed E-state index contributed by atoms with van der Waals surface area (Å²) in [6.07, 6.45) is 1.56. The Bertz CT molecular complexity index is 569. The molecule has 104 valence electrons. The molecule has 1 heterocycles. The normalized spacial score (nSPS) is 12.2. The fourth-order valence-corrected chi connectivity index (χ4v) is 2.21. The van der Waals surface area contributed by atoms with E-state index in [0.29, 0.717) is 10.8 Å². The second-order valence-electron chi connectivity index (χ2n) is 4.87.